The average Bonchev–Trinajstić information content (AvgIpc) is 2.55. The molecule has 2 atom stereocenters. The predicted molar refractivity (Wildman–Crippen MR) is 102 cm³/mol. The molecular weight excluding hydrogens is 344 g/mol. The summed E-state index contributed by atoms with van der Waals surface area (Å²) in [7, 11) is 0. The van der Waals surface area contributed by atoms with Crippen LogP contribution in [0.1, 0.15) is 72.1 Å². The van der Waals surface area contributed by atoms with Gasteiger partial charge in [0.1, 0.15) is 6.04 Å². The molecule has 2 unspecified atom stereocenters. The first-order chi connectivity index (χ1) is 12.7. The normalized spacial score (nSPS) is 33.6. The van der Waals surface area contributed by atoms with Gasteiger partial charge >= 0.3 is 5.97 Å². The second-order valence-electron chi connectivity index (χ2n) is 9.74. The highest BCUT2D eigenvalue weighted by Crippen LogP contribution is 2.60. The highest BCUT2D eigenvalue weighted by molar-refractivity contribution is 5.90. The van der Waals surface area contributed by atoms with Gasteiger partial charge in [0.05, 0.1) is 0 Å². The summed E-state index contributed by atoms with van der Waals surface area (Å²) < 4.78 is 0. The van der Waals surface area contributed by atoms with Crippen LogP contribution in [0.3, 0.4) is 0 Å². The fourth-order valence-electron chi connectivity index (χ4n) is 5.96. The fraction of sp³-hybridized carbons (Fsp3) is 0.857. The van der Waals surface area contributed by atoms with E-state index in [9.17, 15) is 14.4 Å². The lowest BCUT2D eigenvalue weighted by Crippen LogP contribution is -2.59. The Bertz CT molecular complexity index is 566. The number of aliphatic carboxylic acids is 1. The van der Waals surface area contributed by atoms with Crippen LogP contribution in [0.2, 0.25) is 0 Å². The number of carboxylic acids is 1. The summed E-state index contributed by atoms with van der Waals surface area (Å²) >= 11 is 0. The molecule has 4 bridgehead atoms. The van der Waals surface area contributed by atoms with Gasteiger partial charge in [0.15, 0.2) is 0 Å². The molecule has 4 aliphatic carbocycles. The molecule has 4 fully saturated rings. The Kier molecular flexibility index (Phi) is 5.82. The first-order valence-electron chi connectivity index (χ1n) is 10.5. The minimum Gasteiger partial charge on any atom is -0.481 e. The number of carbonyl (C=O) groups excluding carboxylic acids is 2. The summed E-state index contributed by atoms with van der Waals surface area (Å²) in [5, 5.41) is 14.7. The first kappa shape index (κ1) is 20.2. The standard InChI is InChI=1S/C21H34N2O4/c1-12(2)18(19(26)22-13(3)4-5-17(24)25)23-20(27)21-9-14-6-15(10-21)8-16(7-14)11-21/h12-16,18H,4-11H2,1-3H3,(H,22,26)(H,23,27)(H,24,25). The molecule has 152 valence electrons. The summed E-state index contributed by atoms with van der Waals surface area (Å²) in [4.78, 5) is 36.7. The zero-order chi connectivity index (χ0) is 19.8. The third-order valence-corrected chi connectivity index (χ3v) is 6.94. The van der Waals surface area contributed by atoms with Gasteiger partial charge in [-0.15, -0.1) is 0 Å². The maximum Gasteiger partial charge on any atom is 0.303 e. The number of rotatable bonds is 8. The lowest BCUT2D eigenvalue weighted by molar-refractivity contribution is -0.149. The molecule has 6 heteroatoms. The predicted octanol–water partition coefficient (Wildman–Crippen LogP) is 2.71. The highest BCUT2D eigenvalue weighted by atomic mass is 16.4. The van der Waals surface area contributed by atoms with Crippen LogP contribution in [0.4, 0.5) is 0 Å². The quantitative estimate of drug-likeness (QED) is 0.605. The van der Waals surface area contributed by atoms with Gasteiger partial charge in [-0.05, 0) is 75.5 Å². The SMILES string of the molecule is CC(CCC(=O)O)NC(=O)C(NC(=O)C12CC3CC(CC(C3)C1)C2)C(C)C. The van der Waals surface area contributed by atoms with E-state index in [0.29, 0.717) is 24.2 Å². The van der Waals surface area contributed by atoms with E-state index in [-0.39, 0.29) is 35.6 Å². The lowest BCUT2D eigenvalue weighted by atomic mass is 9.49. The highest BCUT2D eigenvalue weighted by Gasteiger charge is 2.55. The van der Waals surface area contributed by atoms with Crippen molar-refractivity contribution in [1.82, 2.24) is 10.6 Å². The molecule has 4 aliphatic rings. The smallest absolute Gasteiger partial charge is 0.303 e. The molecule has 3 N–H and O–H groups in total. The van der Waals surface area contributed by atoms with E-state index in [1.807, 2.05) is 13.8 Å². The summed E-state index contributed by atoms with van der Waals surface area (Å²) in [6, 6.07) is -0.802. The van der Waals surface area contributed by atoms with Crippen LogP contribution in [0.5, 0.6) is 0 Å². The fourth-order valence-corrected chi connectivity index (χ4v) is 5.96. The van der Waals surface area contributed by atoms with Crippen molar-refractivity contribution in [3.8, 4) is 0 Å². The van der Waals surface area contributed by atoms with Gasteiger partial charge in [-0.25, -0.2) is 0 Å². The third kappa shape index (κ3) is 4.46. The second kappa shape index (κ2) is 7.80. The Balaban J connectivity index is 1.61. The van der Waals surface area contributed by atoms with Crippen molar-refractivity contribution in [2.75, 3.05) is 0 Å². The molecule has 6 nitrogen and oxygen atoms in total. The van der Waals surface area contributed by atoms with E-state index in [2.05, 4.69) is 10.6 Å². The third-order valence-electron chi connectivity index (χ3n) is 6.94. The molecular formula is C21H34N2O4. The zero-order valence-corrected chi connectivity index (χ0v) is 16.8. The van der Waals surface area contributed by atoms with Crippen molar-refractivity contribution >= 4 is 17.8 Å². The zero-order valence-electron chi connectivity index (χ0n) is 16.8. The van der Waals surface area contributed by atoms with E-state index < -0.39 is 12.0 Å². The Morgan fingerprint density at radius 3 is 1.93 bits per heavy atom. The van der Waals surface area contributed by atoms with Crippen LogP contribution >= 0.6 is 0 Å². The number of hydrogen-bond acceptors (Lipinski definition) is 3. The van der Waals surface area contributed by atoms with Gasteiger partial charge in [0.25, 0.3) is 0 Å². The summed E-state index contributed by atoms with van der Waals surface area (Å²) in [6.07, 6.45) is 7.18. The molecule has 0 spiro atoms. The maximum atomic E-state index is 13.2. The number of carbonyl (C=O) groups is 3. The molecule has 2 amide bonds. The van der Waals surface area contributed by atoms with E-state index in [4.69, 9.17) is 5.11 Å². The average molecular weight is 379 g/mol. The molecule has 0 aromatic rings. The van der Waals surface area contributed by atoms with Gasteiger partial charge in [-0.2, -0.15) is 0 Å². The number of amides is 2. The van der Waals surface area contributed by atoms with Crippen LogP contribution in [-0.2, 0) is 14.4 Å². The lowest BCUT2D eigenvalue weighted by Gasteiger charge is -2.55. The molecule has 27 heavy (non-hydrogen) atoms. The topological polar surface area (TPSA) is 95.5 Å². The minimum absolute atomic E-state index is 0.0189. The van der Waals surface area contributed by atoms with E-state index in [0.717, 1.165) is 19.3 Å². The second-order valence-corrected chi connectivity index (χ2v) is 9.74. The number of carboxylic acid groups (broad SMARTS) is 1. The van der Waals surface area contributed by atoms with Crippen molar-refractivity contribution < 1.29 is 19.5 Å². The van der Waals surface area contributed by atoms with Gasteiger partial charge in [0.2, 0.25) is 11.8 Å². The summed E-state index contributed by atoms with van der Waals surface area (Å²) in [5.41, 5.74) is -0.267. The molecule has 0 aromatic heterocycles. The van der Waals surface area contributed by atoms with Crippen LogP contribution in [0, 0.1) is 29.1 Å². The monoisotopic (exact) mass is 378 g/mol. The summed E-state index contributed by atoms with van der Waals surface area (Å²) in [5.74, 6) is 1.02. The first-order valence-corrected chi connectivity index (χ1v) is 10.5. The molecule has 4 saturated carbocycles. The van der Waals surface area contributed by atoms with Gasteiger partial charge in [-0.1, -0.05) is 13.8 Å². The van der Waals surface area contributed by atoms with E-state index in [1.165, 1.54) is 19.3 Å². The van der Waals surface area contributed by atoms with Gasteiger partial charge in [-0.3, -0.25) is 14.4 Å². The van der Waals surface area contributed by atoms with Crippen molar-refractivity contribution in [1.29, 1.82) is 0 Å². The molecule has 4 rings (SSSR count). The molecule has 0 aliphatic heterocycles. The van der Waals surface area contributed by atoms with E-state index >= 15 is 0 Å². The van der Waals surface area contributed by atoms with Gasteiger partial charge in [0, 0.05) is 17.9 Å². The minimum atomic E-state index is -0.869. The Labute approximate surface area is 161 Å². The largest absolute Gasteiger partial charge is 0.481 e. The Morgan fingerprint density at radius 1 is 0.963 bits per heavy atom. The Morgan fingerprint density at radius 2 is 1.48 bits per heavy atom. The van der Waals surface area contributed by atoms with Crippen LogP contribution in [0.15, 0.2) is 0 Å². The number of nitrogens with one attached hydrogen (secondary N) is 2. The molecule has 0 radical (unpaired) electrons. The van der Waals surface area contributed by atoms with E-state index in [1.54, 1.807) is 6.92 Å². The molecule has 0 saturated heterocycles. The van der Waals surface area contributed by atoms with Crippen molar-refractivity contribution in [2.45, 2.75) is 84.2 Å². The molecule has 0 aromatic carbocycles. The number of hydrogen-bond donors (Lipinski definition) is 3. The molecule has 0 heterocycles. The van der Waals surface area contributed by atoms with Crippen molar-refractivity contribution in [3.05, 3.63) is 0 Å². The van der Waals surface area contributed by atoms with Gasteiger partial charge < -0.3 is 15.7 Å². The maximum absolute atomic E-state index is 13.2. The van der Waals surface area contributed by atoms with Crippen molar-refractivity contribution in [2.24, 2.45) is 29.1 Å². The Hall–Kier alpha value is -1.59. The van der Waals surface area contributed by atoms with Crippen LogP contribution in [0.25, 0.3) is 0 Å². The van der Waals surface area contributed by atoms with Crippen molar-refractivity contribution in [3.63, 3.8) is 0 Å². The van der Waals surface area contributed by atoms with Crippen LogP contribution < -0.4 is 10.6 Å². The van der Waals surface area contributed by atoms with Crippen LogP contribution in [-0.4, -0.2) is 35.0 Å². The summed E-state index contributed by atoms with van der Waals surface area (Å²) in [6.45, 7) is 5.68.